The normalized spacial score (nSPS) is 17.9. The molecule has 0 spiro atoms. The van der Waals surface area contributed by atoms with E-state index in [1.165, 1.54) is 11.3 Å². The number of hydrogen-bond donors (Lipinski definition) is 2. The predicted octanol–water partition coefficient (Wildman–Crippen LogP) is 3.32. The lowest BCUT2D eigenvalue weighted by Gasteiger charge is -2.34. The van der Waals surface area contributed by atoms with E-state index in [0.29, 0.717) is 5.13 Å². The smallest absolute Gasteiger partial charge is 0.413 e. The van der Waals surface area contributed by atoms with Crippen molar-refractivity contribution in [3.63, 3.8) is 0 Å². The molecule has 2 heterocycles. The summed E-state index contributed by atoms with van der Waals surface area (Å²) >= 11 is 1.34. The molecule has 0 unspecified atom stereocenters. The van der Waals surface area contributed by atoms with Crippen molar-refractivity contribution in [1.29, 1.82) is 0 Å². The third-order valence-electron chi connectivity index (χ3n) is 3.36. The lowest BCUT2D eigenvalue weighted by Crippen LogP contribution is -2.43. The second-order valence-electron chi connectivity index (χ2n) is 6.82. The monoisotopic (exact) mass is 327 g/mol. The first-order valence-electron chi connectivity index (χ1n) is 7.54. The molecule has 1 aliphatic rings. The summed E-state index contributed by atoms with van der Waals surface area (Å²) in [4.78, 5) is 16.1. The third-order valence-corrected chi connectivity index (χ3v) is 4.31. The van der Waals surface area contributed by atoms with Crippen LogP contribution < -0.4 is 15.4 Å². The molecular formula is C15H25N3O3S. The lowest BCUT2D eigenvalue weighted by atomic mass is 9.95. The van der Waals surface area contributed by atoms with Gasteiger partial charge in [-0.1, -0.05) is 11.3 Å². The van der Waals surface area contributed by atoms with Crippen LogP contribution in [0.15, 0.2) is 0 Å². The molecule has 1 aromatic heterocycles. The van der Waals surface area contributed by atoms with E-state index in [1.807, 2.05) is 27.7 Å². The van der Waals surface area contributed by atoms with Crippen LogP contribution in [-0.2, 0) is 4.74 Å². The molecule has 0 aliphatic carbocycles. The lowest BCUT2D eigenvalue weighted by molar-refractivity contribution is 0.0586. The summed E-state index contributed by atoms with van der Waals surface area (Å²) in [5.74, 6) is 0. The van der Waals surface area contributed by atoms with Gasteiger partial charge in [-0.3, -0.25) is 5.32 Å². The van der Waals surface area contributed by atoms with E-state index in [1.54, 1.807) is 0 Å². The molecule has 124 valence electrons. The summed E-state index contributed by atoms with van der Waals surface area (Å²) in [6.07, 6.45) is 1.42. The number of thiazole rings is 1. The molecule has 1 aliphatic heterocycles. The van der Waals surface area contributed by atoms with Crippen molar-refractivity contribution < 1.29 is 14.3 Å². The zero-order valence-corrected chi connectivity index (χ0v) is 14.7. The quantitative estimate of drug-likeness (QED) is 0.891. The van der Waals surface area contributed by atoms with Gasteiger partial charge in [0.2, 0.25) is 0 Å². The number of carbonyl (C=O) groups is 1. The highest BCUT2D eigenvalue weighted by Gasteiger charge is 2.30. The maximum absolute atomic E-state index is 11.8. The molecule has 2 rings (SSSR count). The topological polar surface area (TPSA) is 72.5 Å². The second kappa shape index (κ2) is 6.42. The van der Waals surface area contributed by atoms with Crippen LogP contribution in [0.25, 0.3) is 0 Å². The summed E-state index contributed by atoms with van der Waals surface area (Å²) in [7, 11) is 0. The van der Waals surface area contributed by atoms with Gasteiger partial charge in [-0.2, -0.15) is 0 Å². The van der Waals surface area contributed by atoms with Gasteiger partial charge in [0.1, 0.15) is 11.2 Å². The molecule has 0 saturated carbocycles. The van der Waals surface area contributed by atoms with Crippen LogP contribution in [0.2, 0.25) is 0 Å². The minimum atomic E-state index is -0.529. The third kappa shape index (κ3) is 4.84. The van der Waals surface area contributed by atoms with E-state index < -0.39 is 11.7 Å². The zero-order valence-electron chi connectivity index (χ0n) is 13.9. The largest absolute Gasteiger partial charge is 0.476 e. The van der Waals surface area contributed by atoms with Crippen molar-refractivity contribution in [2.24, 2.45) is 0 Å². The number of aryl methyl sites for hydroxylation is 1. The Morgan fingerprint density at radius 2 is 2.00 bits per heavy atom. The summed E-state index contributed by atoms with van der Waals surface area (Å²) in [5.41, 5.74) is 0.0835. The Bertz CT molecular complexity index is 531. The Labute approximate surface area is 135 Å². The fourth-order valence-corrected chi connectivity index (χ4v) is 3.13. The molecular weight excluding hydrogens is 302 g/mol. The van der Waals surface area contributed by atoms with Crippen molar-refractivity contribution >= 4 is 22.6 Å². The average molecular weight is 327 g/mol. The van der Waals surface area contributed by atoms with Crippen molar-refractivity contribution in [3.8, 4) is 5.06 Å². The van der Waals surface area contributed by atoms with Crippen molar-refractivity contribution in [2.45, 2.75) is 58.7 Å². The maximum Gasteiger partial charge on any atom is 0.413 e. The van der Waals surface area contributed by atoms with Crippen LogP contribution in [0.3, 0.4) is 0 Å². The SMILES string of the molecule is Cc1nc(NC(=O)OC(C)(C)C)sc1OC1(C)CCNCC1. The maximum atomic E-state index is 11.8. The fraction of sp³-hybridized carbons (Fsp3) is 0.733. The molecule has 0 aromatic carbocycles. The molecule has 1 saturated heterocycles. The first kappa shape index (κ1) is 17.0. The van der Waals surface area contributed by atoms with Crippen molar-refractivity contribution in [2.75, 3.05) is 18.4 Å². The Balaban J connectivity index is 2.00. The van der Waals surface area contributed by atoms with Gasteiger partial charge >= 0.3 is 6.09 Å². The van der Waals surface area contributed by atoms with Crippen LogP contribution in [-0.4, -0.2) is 35.4 Å². The van der Waals surface area contributed by atoms with E-state index in [9.17, 15) is 4.79 Å². The van der Waals surface area contributed by atoms with Gasteiger partial charge in [0, 0.05) is 0 Å². The Kier molecular flexibility index (Phi) is 4.97. The molecule has 22 heavy (non-hydrogen) atoms. The van der Waals surface area contributed by atoms with E-state index in [0.717, 1.165) is 36.7 Å². The van der Waals surface area contributed by atoms with Crippen LogP contribution in [0, 0.1) is 6.92 Å². The highest BCUT2D eigenvalue weighted by atomic mass is 32.1. The number of aromatic nitrogens is 1. The number of anilines is 1. The molecule has 1 aromatic rings. The summed E-state index contributed by atoms with van der Waals surface area (Å²) in [6, 6.07) is 0. The van der Waals surface area contributed by atoms with Crippen LogP contribution in [0.5, 0.6) is 5.06 Å². The van der Waals surface area contributed by atoms with Gasteiger partial charge < -0.3 is 14.8 Å². The number of hydrogen-bond acceptors (Lipinski definition) is 6. The minimum Gasteiger partial charge on any atom is -0.476 e. The van der Waals surface area contributed by atoms with Crippen LogP contribution in [0.1, 0.15) is 46.2 Å². The number of nitrogens with zero attached hydrogens (tertiary/aromatic N) is 1. The van der Waals surface area contributed by atoms with Gasteiger partial charge in [-0.05, 0) is 60.5 Å². The van der Waals surface area contributed by atoms with E-state index in [4.69, 9.17) is 9.47 Å². The summed E-state index contributed by atoms with van der Waals surface area (Å²) in [6.45, 7) is 11.4. The zero-order chi connectivity index (χ0) is 16.4. The highest BCUT2D eigenvalue weighted by molar-refractivity contribution is 7.17. The molecule has 0 atom stereocenters. The predicted molar refractivity (Wildman–Crippen MR) is 87.8 cm³/mol. The Morgan fingerprint density at radius 3 is 2.59 bits per heavy atom. The van der Waals surface area contributed by atoms with Gasteiger partial charge in [0.15, 0.2) is 10.2 Å². The van der Waals surface area contributed by atoms with Gasteiger partial charge in [-0.25, -0.2) is 9.78 Å². The van der Waals surface area contributed by atoms with E-state index in [-0.39, 0.29) is 5.60 Å². The van der Waals surface area contributed by atoms with E-state index in [2.05, 4.69) is 22.5 Å². The Hall–Kier alpha value is -1.34. The van der Waals surface area contributed by atoms with Gasteiger partial charge in [0.05, 0.1) is 5.69 Å². The second-order valence-corrected chi connectivity index (χ2v) is 7.78. The number of nitrogens with one attached hydrogen (secondary N) is 2. The number of amides is 1. The Morgan fingerprint density at radius 1 is 1.36 bits per heavy atom. The average Bonchev–Trinajstić information content (AvgIpc) is 2.67. The fourth-order valence-electron chi connectivity index (χ4n) is 2.20. The standard InChI is InChI=1S/C15H25N3O3S/c1-10-11(20-15(5)6-8-16-9-7-15)22-12(17-10)18-13(19)21-14(2,3)4/h16H,6-9H2,1-5H3,(H,17,18,19). The summed E-state index contributed by atoms with van der Waals surface area (Å²) < 4.78 is 11.4. The highest BCUT2D eigenvalue weighted by Crippen LogP contribution is 2.35. The first-order valence-corrected chi connectivity index (χ1v) is 8.36. The molecule has 1 amide bonds. The number of rotatable bonds is 3. The van der Waals surface area contributed by atoms with Crippen molar-refractivity contribution in [1.82, 2.24) is 10.3 Å². The summed E-state index contributed by atoms with van der Waals surface area (Å²) in [5, 5.41) is 7.25. The van der Waals surface area contributed by atoms with Gasteiger partial charge in [0.25, 0.3) is 0 Å². The molecule has 7 heteroatoms. The molecule has 0 radical (unpaired) electrons. The number of carbonyl (C=O) groups excluding carboxylic acids is 1. The minimum absolute atomic E-state index is 0.175. The van der Waals surface area contributed by atoms with Crippen LogP contribution >= 0.6 is 11.3 Å². The first-order chi connectivity index (χ1) is 10.2. The van der Waals surface area contributed by atoms with Crippen molar-refractivity contribution in [3.05, 3.63) is 5.69 Å². The van der Waals surface area contributed by atoms with Crippen LogP contribution in [0.4, 0.5) is 9.93 Å². The van der Waals surface area contributed by atoms with E-state index >= 15 is 0 Å². The molecule has 1 fully saturated rings. The molecule has 0 bridgehead atoms. The molecule has 6 nitrogen and oxygen atoms in total. The number of ether oxygens (including phenoxy) is 2. The molecule has 2 N–H and O–H groups in total. The van der Waals surface area contributed by atoms with Gasteiger partial charge in [-0.15, -0.1) is 0 Å². The number of piperidine rings is 1.